The Morgan fingerprint density at radius 3 is 2.27 bits per heavy atom. The molecule has 0 aliphatic carbocycles. The number of ether oxygens (including phenoxy) is 1. The lowest BCUT2D eigenvalue weighted by atomic mass is 10.2. The molecule has 1 fully saturated rings. The summed E-state index contributed by atoms with van der Waals surface area (Å²) in [6.45, 7) is 4.33. The number of carbonyl (C=O) groups is 1. The summed E-state index contributed by atoms with van der Waals surface area (Å²) in [6.07, 6.45) is 2.95. The van der Waals surface area contributed by atoms with E-state index in [2.05, 4.69) is 22.3 Å². The maximum Gasteiger partial charge on any atom is 0.261 e. The number of sulfonamides is 1. The first-order chi connectivity index (χ1) is 14.2. The number of hydrogen-bond donors (Lipinski definition) is 1. The van der Waals surface area contributed by atoms with Gasteiger partial charge in [0.15, 0.2) is 6.10 Å². The number of anilines is 2. The molecule has 7 nitrogen and oxygen atoms in total. The van der Waals surface area contributed by atoms with Gasteiger partial charge in [-0.05, 0) is 61.7 Å². The van der Waals surface area contributed by atoms with Crippen molar-refractivity contribution in [3.05, 3.63) is 54.1 Å². The second kappa shape index (κ2) is 9.38. The Bertz CT molecular complexity index is 953. The minimum Gasteiger partial charge on any atom is -0.481 e. The highest BCUT2D eigenvalue weighted by Gasteiger charge is 2.16. The van der Waals surface area contributed by atoms with E-state index in [9.17, 15) is 13.2 Å². The monoisotopic (exact) mass is 431 g/mol. The van der Waals surface area contributed by atoms with Gasteiger partial charge in [-0.25, -0.2) is 8.42 Å². The molecule has 1 atom stereocenters. The molecule has 1 amide bonds. The third-order valence-corrected chi connectivity index (χ3v) is 6.46. The average molecular weight is 432 g/mol. The van der Waals surface area contributed by atoms with E-state index in [4.69, 9.17) is 4.74 Å². The zero-order valence-corrected chi connectivity index (χ0v) is 18.5. The van der Waals surface area contributed by atoms with Crippen LogP contribution in [0, 0.1) is 0 Å². The molecule has 0 radical (unpaired) electrons. The highest BCUT2D eigenvalue weighted by atomic mass is 32.2. The first-order valence-electron chi connectivity index (χ1n) is 10.1. The highest BCUT2D eigenvalue weighted by molar-refractivity contribution is 7.92. The summed E-state index contributed by atoms with van der Waals surface area (Å²) >= 11 is 0. The molecular weight excluding hydrogens is 402 g/mol. The van der Waals surface area contributed by atoms with Crippen molar-refractivity contribution in [1.82, 2.24) is 5.32 Å². The fourth-order valence-electron chi connectivity index (χ4n) is 3.32. The highest BCUT2D eigenvalue weighted by Crippen LogP contribution is 2.22. The van der Waals surface area contributed by atoms with Crippen LogP contribution in [0.5, 0.6) is 5.75 Å². The van der Waals surface area contributed by atoms with E-state index in [1.807, 2.05) is 12.1 Å². The first kappa shape index (κ1) is 22.0. The van der Waals surface area contributed by atoms with Gasteiger partial charge in [0, 0.05) is 32.4 Å². The zero-order chi connectivity index (χ0) is 21.7. The number of benzene rings is 2. The van der Waals surface area contributed by atoms with E-state index >= 15 is 0 Å². The standard InChI is InChI=1S/C22H29N3O4S/c1-17(29-21-12-10-19(11-13-21)24(2)30(3,27)28)22(26)23-16-18-6-8-20(9-7-18)25-14-4-5-15-25/h6-13,17H,4-5,14-16H2,1-3H3,(H,23,26)/t17-/m0/s1. The van der Waals surface area contributed by atoms with Gasteiger partial charge in [0.05, 0.1) is 11.9 Å². The van der Waals surface area contributed by atoms with Crippen molar-refractivity contribution >= 4 is 27.3 Å². The molecule has 0 spiro atoms. The Balaban J connectivity index is 1.49. The molecule has 1 saturated heterocycles. The van der Waals surface area contributed by atoms with Gasteiger partial charge in [-0.3, -0.25) is 9.10 Å². The van der Waals surface area contributed by atoms with Crippen LogP contribution >= 0.6 is 0 Å². The Kier molecular flexibility index (Phi) is 6.87. The van der Waals surface area contributed by atoms with Crippen molar-refractivity contribution in [2.45, 2.75) is 32.4 Å². The Morgan fingerprint density at radius 1 is 1.10 bits per heavy atom. The summed E-state index contributed by atoms with van der Waals surface area (Å²) in [7, 11) is -1.84. The van der Waals surface area contributed by atoms with Crippen LogP contribution in [0.15, 0.2) is 48.5 Å². The molecule has 30 heavy (non-hydrogen) atoms. The number of hydrogen-bond acceptors (Lipinski definition) is 5. The SMILES string of the molecule is C[C@H](Oc1ccc(N(C)S(C)(=O)=O)cc1)C(=O)NCc1ccc(N2CCCC2)cc1. The minimum atomic E-state index is -3.32. The average Bonchev–Trinajstić information content (AvgIpc) is 3.26. The van der Waals surface area contributed by atoms with Crippen LogP contribution < -0.4 is 19.3 Å². The van der Waals surface area contributed by atoms with Crippen molar-refractivity contribution in [3.8, 4) is 5.75 Å². The minimum absolute atomic E-state index is 0.212. The normalized spacial score (nSPS) is 15.0. The summed E-state index contributed by atoms with van der Waals surface area (Å²) in [5.41, 5.74) is 2.79. The third-order valence-electron chi connectivity index (χ3n) is 5.25. The first-order valence-corrected chi connectivity index (χ1v) is 11.9. The number of amides is 1. The fraction of sp³-hybridized carbons (Fsp3) is 0.409. The van der Waals surface area contributed by atoms with E-state index < -0.39 is 16.1 Å². The Hall–Kier alpha value is -2.74. The maximum atomic E-state index is 12.4. The van der Waals surface area contributed by atoms with Gasteiger partial charge in [-0.2, -0.15) is 0 Å². The van der Waals surface area contributed by atoms with Crippen LogP contribution in [0.1, 0.15) is 25.3 Å². The molecule has 0 bridgehead atoms. The van der Waals surface area contributed by atoms with Crippen LogP contribution in [0.4, 0.5) is 11.4 Å². The lowest BCUT2D eigenvalue weighted by molar-refractivity contribution is -0.127. The number of rotatable bonds is 8. The molecule has 3 rings (SSSR count). The fourth-order valence-corrected chi connectivity index (χ4v) is 3.82. The predicted octanol–water partition coefficient (Wildman–Crippen LogP) is 2.77. The Labute approximate surface area is 178 Å². The smallest absolute Gasteiger partial charge is 0.261 e. The van der Waals surface area contributed by atoms with E-state index in [-0.39, 0.29) is 5.91 Å². The van der Waals surface area contributed by atoms with Crippen LogP contribution in [-0.4, -0.2) is 46.8 Å². The molecule has 1 aliphatic heterocycles. The van der Waals surface area contributed by atoms with Gasteiger partial charge in [0.25, 0.3) is 5.91 Å². The molecule has 1 heterocycles. The van der Waals surface area contributed by atoms with E-state index in [0.29, 0.717) is 18.0 Å². The van der Waals surface area contributed by atoms with Gasteiger partial charge in [-0.15, -0.1) is 0 Å². The van der Waals surface area contributed by atoms with E-state index in [0.717, 1.165) is 24.9 Å². The maximum absolute atomic E-state index is 12.4. The van der Waals surface area contributed by atoms with Gasteiger partial charge >= 0.3 is 0 Å². The second-order valence-corrected chi connectivity index (χ2v) is 9.58. The lowest BCUT2D eigenvalue weighted by Crippen LogP contribution is -2.35. The van der Waals surface area contributed by atoms with Crippen LogP contribution in [-0.2, 0) is 21.4 Å². The third kappa shape index (κ3) is 5.66. The topological polar surface area (TPSA) is 78.9 Å². The van der Waals surface area contributed by atoms with Crippen LogP contribution in [0.25, 0.3) is 0 Å². The molecule has 1 N–H and O–H groups in total. The van der Waals surface area contributed by atoms with E-state index in [1.165, 1.54) is 29.9 Å². The quantitative estimate of drug-likeness (QED) is 0.695. The largest absolute Gasteiger partial charge is 0.481 e. The summed E-state index contributed by atoms with van der Waals surface area (Å²) in [6, 6.07) is 14.9. The van der Waals surface area contributed by atoms with Gasteiger partial charge in [0.1, 0.15) is 5.75 Å². The second-order valence-electron chi connectivity index (χ2n) is 7.56. The summed E-state index contributed by atoms with van der Waals surface area (Å²) < 4.78 is 30.1. The van der Waals surface area contributed by atoms with Crippen LogP contribution in [0.3, 0.4) is 0 Å². The van der Waals surface area contributed by atoms with Crippen molar-refractivity contribution in [1.29, 1.82) is 0 Å². The summed E-state index contributed by atoms with van der Waals surface area (Å²) in [4.78, 5) is 14.7. The Morgan fingerprint density at radius 2 is 1.70 bits per heavy atom. The van der Waals surface area contributed by atoms with E-state index in [1.54, 1.807) is 31.2 Å². The summed E-state index contributed by atoms with van der Waals surface area (Å²) in [5.74, 6) is 0.286. The molecular formula is C22H29N3O4S. The molecule has 0 saturated carbocycles. The molecule has 162 valence electrons. The number of carbonyl (C=O) groups excluding carboxylic acids is 1. The van der Waals surface area contributed by atoms with Crippen molar-refractivity contribution in [2.75, 3.05) is 35.6 Å². The molecule has 1 aliphatic rings. The molecule has 0 unspecified atom stereocenters. The van der Waals surface area contributed by atoms with Gasteiger partial charge in [-0.1, -0.05) is 12.1 Å². The molecule has 0 aromatic heterocycles. The van der Waals surface area contributed by atoms with Gasteiger partial charge in [0.2, 0.25) is 10.0 Å². The lowest BCUT2D eigenvalue weighted by Gasteiger charge is -2.19. The number of nitrogens with one attached hydrogen (secondary N) is 1. The van der Waals surface area contributed by atoms with Crippen molar-refractivity contribution < 1.29 is 17.9 Å². The molecule has 8 heteroatoms. The van der Waals surface area contributed by atoms with Crippen molar-refractivity contribution in [2.24, 2.45) is 0 Å². The molecule has 2 aromatic carbocycles. The van der Waals surface area contributed by atoms with Crippen LogP contribution in [0.2, 0.25) is 0 Å². The summed E-state index contributed by atoms with van der Waals surface area (Å²) in [5, 5.41) is 2.89. The molecule has 2 aromatic rings. The van der Waals surface area contributed by atoms with Gasteiger partial charge < -0.3 is 15.0 Å². The van der Waals surface area contributed by atoms with Crippen molar-refractivity contribution in [3.63, 3.8) is 0 Å². The zero-order valence-electron chi connectivity index (χ0n) is 17.7. The predicted molar refractivity (Wildman–Crippen MR) is 120 cm³/mol. The number of nitrogens with zero attached hydrogens (tertiary/aromatic N) is 2.